The van der Waals surface area contributed by atoms with Crippen molar-refractivity contribution in [2.45, 2.75) is 12.8 Å². The van der Waals surface area contributed by atoms with Gasteiger partial charge in [-0.15, -0.1) is 0 Å². The Hall–Kier alpha value is -1.90. The number of halogens is 2. The van der Waals surface area contributed by atoms with Crippen molar-refractivity contribution in [3.63, 3.8) is 0 Å². The molecule has 0 aliphatic carbocycles. The van der Waals surface area contributed by atoms with Crippen molar-refractivity contribution < 1.29 is 8.78 Å². The van der Waals surface area contributed by atoms with Gasteiger partial charge < -0.3 is 11.5 Å². The minimum Gasteiger partial charge on any atom is -0.395 e. The Labute approximate surface area is 79.1 Å². The number of alkyl halides is 2. The fraction of sp³-hybridized carbons (Fsp3) is 0.250. The average molecular weight is 198 g/mol. The first-order valence-electron chi connectivity index (χ1n) is 3.75. The first kappa shape index (κ1) is 10.2. The van der Waals surface area contributed by atoms with Crippen LogP contribution in [-0.2, 0) is 6.42 Å². The maximum absolute atomic E-state index is 12.4. The van der Waals surface area contributed by atoms with Gasteiger partial charge in [-0.2, -0.15) is 5.26 Å². The SMILES string of the molecule is N#CCc1c(C(F)F)cnc(N)c1N. The summed E-state index contributed by atoms with van der Waals surface area (Å²) in [5.41, 5.74) is 10.5. The molecule has 0 aliphatic rings. The molecule has 1 aromatic rings. The van der Waals surface area contributed by atoms with E-state index in [0.717, 1.165) is 6.20 Å². The molecule has 74 valence electrons. The van der Waals surface area contributed by atoms with Crippen LogP contribution in [0.25, 0.3) is 0 Å². The molecule has 0 aliphatic heterocycles. The third-order valence-electron chi connectivity index (χ3n) is 1.78. The molecule has 0 saturated carbocycles. The van der Waals surface area contributed by atoms with E-state index in [1.807, 2.05) is 0 Å². The van der Waals surface area contributed by atoms with Gasteiger partial charge in [0.2, 0.25) is 0 Å². The normalized spacial score (nSPS) is 10.1. The van der Waals surface area contributed by atoms with E-state index in [-0.39, 0.29) is 29.1 Å². The molecule has 0 fully saturated rings. The van der Waals surface area contributed by atoms with E-state index in [2.05, 4.69) is 4.98 Å². The van der Waals surface area contributed by atoms with Gasteiger partial charge in [-0.25, -0.2) is 13.8 Å². The molecule has 0 radical (unpaired) electrons. The standard InChI is InChI=1S/C8H8F2N4/c9-7(10)5-3-14-8(13)6(12)4(5)1-2-11/h3,7H,1,12H2,(H2,13,14). The third kappa shape index (κ3) is 1.71. The van der Waals surface area contributed by atoms with Crippen molar-refractivity contribution in [3.8, 4) is 6.07 Å². The molecule has 1 aromatic heterocycles. The molecule has 0 atom stereocenters. The van der Waals surface area contributed by atoms with Gasteiger partial charge in [0.15, 0.2) is 0 Å². The molecule has 6 heteroatoms. The lowest BCUT2D eigenvalue weighted by atomic mass is 10.1. The Bertz CT molecular complexity index is 384. The molecule has 0 spiro atoms. The van der Waals surface area contributed by atoms with Crippen LogP contribution in [0.1, 0.15) is 17.6 Å². The largest absolute Gasteiger partial charge is 0.395 e. The highest BCUT2D eigenvalue weighted by molar-refractivity contribution is 5.65. The fourth-order valence-corrected chi connectivity index (χ4v) is 1.06. The number of hydrogen-bond acceptors (Lipinski definition) is 4. The van der Waals surface area contributed by atoms with E-state index in [0.29, 0.717) is 0 Å². The van der Waals surface area contributed by atoms with Crippen LogP contribution in [0.5, 0.6) is 0 Å². The highest BCUT2D eigenvalue weighted by Crippen LogP contribution is 2.29. The molecular formula is C8H8F2N4. The summed E-state index contributed by atoms with van der Waals surface area (Å²) in [7, 11) is 0. The second-order valence-electron chi connectivity index (χ2n) is 2.63. The summed E-state index contributed by atoms with van der Waals surface area (Å²) < 4.78 is 24.8. The van der Waals surface area contributed by atoms with E-state index in [1.165, 1.54) is 0 Å². The van der Waals surface area contributed by atoms with Gasteiger partial charge in [0.25, 0.3) is 6.43 Å². The highest BCUT2D eigenvalue weighted by atomic mass is 19.3. The van der Waals surface area contributed by atoms with Crippen molar-refractivity contribution in [2.24, 2.45) is 0 Å². The Morgan fingerprint density at radius 1 is 1.50 bits per heavy atom. The van der Waals surface area contributed by atoms with Gasteiger partial charge in [0, 0.05) is 17.3 Å². The van der Waals surface area contributed by atoms with Crippen LogP contribution in [0.3, 0.4) is 0 Å². The summed E-state index contributed by atoms with van der Waals surface area (Å²) in [6.07, 6.45) is -1.95. The van der Waals surface area contributed by atoms with Gasteiger partial charge in [0.05, 0.1) is 18.2 Å². The zero-order valence-electron chi connectivity index (χ0n) is 7.17. The van der Waals surface area contributed by atoms with Gasteiger partial charge in [-0.3, -0.25) is 0 Å². The Morgan fingerprint density at radius 3 is 2.64 bits per heavy atom. The number of hydrogen-bond donors (Lipinski definition) is 2. The van der Waals surface area contributed by atoms with Crippen LogP contribution in [0.2, 0.25) is 0 Å². The number of nitriles is 1. The predicted molar refractivity (Wildman–Crippen MR) is 47.3 cm³/mol. The molecule has 0 unspecified atom stereocenters. The van der Waals surface area contributed by atoms with Crippen LogP contribution in [0.15, 0.2) is 6.20 Å². The minimum atomic E-state index is -2.70. The van der Waals surface area contributed by atoms with E-state index >= 15 is 0 Å². The summed E-state index contributed by atoms with van der Waals surface area (Å²) in [4.78, 5) is 3.51. The van der Waals surface area contributed by atoms with Crippen molar-refractivity contribution >= 4 is 11.5 Å². The zero-order valence-corrected chi connectivity index (χ0v) is 7.17. The third-order valence-corrected chi connectivity index (χ3v) is 1.78. The van der Waals surface area contributed by atoms with E-state index in [9.17, 15) is 8.78 Å². The smallest absolute Gasteiger partial charge is 0.265 e. The molecule has 0 aromatic carbocycles. The summed E-state index contributed by atoms with van der Waals surface area (Å²) in [6, 6.07) is 1.75. The summed E-state index contributed by atoms with van der Waals surface area (Å²) >= 11 is 0. The van der Waals surface area contributed by atoms with Gasteiger partial charge >= 0.3 is 0 Å². The monoisotopic (exact) mass is 198 g/mol. The van der Waals surface area contributed by atoms with Crippen molar-refractivity contribution in [3.05, 3.63) is 17.3 Å². The Morgan fingerprint density at radius 2 is 2.14 bits per heavy atom. The molecule has 0 amide bonds. The Kier molecular flexibility index (Phi) is 2.82. The number of aromatic nitrogens is 1. The second-order valence-corrected chi connectivity index (χ2v) is 2.63. The summed E-state index contributed by atoms with van der Waals surface area (Å²) in [5, 5.41) is 8.43. The number of anilines is 2. The zero-order chi connectivity index (χ0) is 10.7. The molecule has 4 N–H and O–H groups in total. The van der Waals surface area contributed by atoms with Gasteiger partial charge in [-0.05, 0) is 0 Å². The van der Waals surface area contributed by atoms with Crippen molar-refractivity contribution in [1.29, 1.82) is 5.26 Å². The lowest BCUT2D eigenvalue weighted by Gasteiger charge is -2.09. The second kappa shape index (κ2) is 3.87. The van der Waals surface area contributed by atoms with Crippen molar-refractivity contribution in [2.75, 3.05) is 11.5 Å². The summed E-state index contributed by atoms with van der Waals surface area (Å²) in [5.74, 6) is -0.0281. The predicted octanol–water partition coefficient (Wildman–Crippen LogP) is 1.25. The first-order chi connectivity index (χ1) is 6.57. The lowest BCUT2D eigenvalue weighted by molar-refractivity contribution is 0.150. The van der Waals surface area contributed by atoms with Crippen LogP contribution in [0, 0.1) is 11.3 Å². The van der Waals surface area contributed by atoms with E-state index in [1.54, 1.807) is 6.07 Å². The molecule has 14 heavy (non-hydrogen) atoms. The topological polar surface area (TPSA) is 88.7 Å². The van der Waals surface area contributed by atoms with E-state index in [4.69, 9.17) is 16.7 Å². The number of nitrogens with zero attached hydrogens (tertiary/aromatic N) is 2. The average Bonchev–Trinajstić information content (AvgIpc) is 2.13. The van der Waals surface area contributed by atoms with Crippen LogP contribution in [-0.4, -0.2) is 4.98 Å². The number of nitrogens with two attached hydrogens (primary N) is 2. The molecule has 0 bridgehead atoms. The lowest BCUT2D eigenvalue weighted by Crippen LogP contribution is -2.06. The molecule has 4 nitrogen and oxygen atoms in total. The van der Waals surface area contributed by atoms with Gasteiger partial charge in [-0.1, -0.05) is 0 Å². The van der Waals surface area contributed by atoms with Crippen LogP contribution >= 0.6 is 0 Å². The number of rotatable bonds is 2. The van der Waals surface area contributed by atoms with Crippen molar-refractivity contribution in [1.82, 2.24) is 4.98 Å². The van der Waals surface area contributed by atoms with Crippen LogP contribution in [0.4, 0.5) is 20.3 Å². The van der Waals surface area contributed by atoms with Gasteiger partial charge in [0.1, 0.15) is 5.82 Å². The molecule has 0 saturated heterocycles. The van der Waals surface area contributed by atoms with E-state index < -0.39 is 6.43 Å². The maximum atomic E-state index is 12.4. The fourth-order valence-electron chi connectivity index (χ4n) is 1.06. The number of nitrogen functional groups attached to an aromatic ring is 2. The first-order valence-corrected chi connectivity index (χ1v) is 3.75. The maximum Gasteiger partial charge on any atom is 0.265 e. The van der Waals surface area contributed by atoms with Crippen LogP contribution < -0.4 is 11.5 Å². The quantitative estimate of drug-likeness (QED) is 0.748. The minimum absolute atomic E-state index is 0.0281. The highest BCUT2D eigenvalue weighted by Gasteiger charge is 2.17. The molecule has 1 heterocycles. The molecule has 1 rings (SSSR count). The summed E-state index contributed by atoms with van der Waals surface area (Å²) in [6.45, 7) is 0. The Balaban J connectivity index is 3.31. The molecular weight excluding hydrogens is 190 g/mol. The number of pyridine rings is 1.